The molecular weight excluding hydrogens is 268 g/mol. The Bertz CT molecular complexity index is 498. The average Bonchev–Trinajstić information content (AvgIpc) is 2.34. The SMILES string of the molecule is CN(C)CC(C)(O)CNC(=O)c1cc(N)ccc1N(C)C. The lowest BCUT2D eigenvalue weighted by atomic mass is 10.1. The molecule has 0 saturated carbocycles. The summed E-state index contributed by atoms with van der Waals surface area (Å²) in [5.41, 5.74) is 6.59. The molecule has 6 heteroatoms. The maximum absolute atomic E-state index is 12.3. The van der Waals surface area contributed by atoms with Crippen molar-refractivity contribution >= 4 is 17.3 Å². The first-order valence-corrected chi connectivity index (χ1v) is 6.84. The van der Waals surface area contributed by atoms with E-state index in [1.54, 1.807) is 19.1 Å². The number of anilines is 2. The molecule has 4 N–H and O–H groups in total. The van der Waals surface area contributed by atoms with Crippen molar-refractivity contribution in [2.45, 2.75) is 12.5 Å². The van der Waals surface area contributed by atoms with Crippen LogP contribution in [0.25, 0.3) is 0 Å². The molecular formula is C15H26N4O2. The van der Waals surface area contributed by atoms with Gasteiger partial charge in [-0.25, -0.2) is 0 Å². The number of nitrogens with two attached hydrogens (primary N) is 1. The van der Waals surface area contributed by atoms with E-state index in [9.17, 15) is 9.90 Å². The summed E-state index contributed by atoms with van der Waals surface area (Å²) in [5.74, 6) is -0.245. The molecule has 118 valence electrons. The quantitative estimate of drug-likeness (QED) is 0.661. The maximum atomic E-state index is 12.3. The average molecular weight is 294 g/mol. The van der Waals surface area contributed by atoms with Gasteiger partial charge in [0.15, 0.2) is 0 Å². The number of amides is 1. The molecule has 1 amide bonds. The molecule has 0 aromatic heterocycles. The van der Waals surface area contributed by atoms with Crippen molar-refractivity contribution in [2.75, 3.05) is 51.9 Å². The van der Waals surface area contributed by atoms with Crippen molar-refractivity contribution in [3.63, 3.8) is 0 Å². The summed E-state index contributed by atoms with van der Waals surface area (Å²) in [6.07, 6.45) is 0. The molecule has 1 unspecified atom stereocenters. The fourth-order valence-electron chi connectivity index (χ4n) is 2.23. The number of nitrogens with one attached hydrogen (secondary N) is 1. The molecule has 0 aliphatic rings. The number of rotatable bonds is 6. The molecule has 1 rings (SSSR count). The maximum Gasteiger partial charge on any atom is 0.253 e. The molecule has 0 heterocycles. The van der Waals surface area contributed by atoms with Crippen LogP contribution >= 0.6 is 0 Å². The number of nitrogens with zero attached hydrogens (tertiary/aromatic N) is 2. The predicted molar refractivity (Wildman–Crippen MR) is 86.7 cm³/mol. The van der Waals surface area contributed by atoms with Gasteiger partial charge in [-0.2, -0.15) is 0 Å². The van der Waals surface area contributed by atoms with Crippen LogP contribution in [0.3, 0.4) is 0 Å². The van der Waals surface area contributed by atoms with Gasteiger partial charge in [0.05, 0.1) is 11.2 Å². The lowest BCUT2D eigenvalue weighted by Gasteiger charge is -2.27. The zero-order chi connectivity index (χ0) is 16.2. The van der Waals surface area contributed by atoms with E-state index in [1.165, 1.54) is 0 Å². The fourth-order valence-corrected chi connectivity index (χ4v) is 2.23. The lowest BCUT2D eigenvalue weighted by Crippen LogP contribution is -2.47. The Morgan fingerprint density at radius 1 is 1.33 bits per heavy atom. The summed E-state index contributed by atoms with van der Waals surface area (Å²) in [7, 11) is 7.48. The second kappa shape index (κ2) is 6.78. The number of carbonyl (C=O) groups is 1. The third kappa shape index (κ3) is 5.24. The highest BCUT2D eigenvalue weighted by molar-refractivity contribution is 6.00. The smallest absolute Gasteiger partial charge is 0.253 e. The van der Waals surface area contributed by atoms with Crippen LogP contribution in [0.4, 0.5) is 11.4 Å². The third-order valence-corrected chi connectivity index (χ3v) is 3.03. The normalized spacial score (nSPS) is 13.9. The Labute approximate surface area is 126 Å². The second-order valence-electron chi connectivity index (χ2n) is 6.09. The molecule has 0 fully saturated rings. The van der Waals surface area contributed by atoms with Gasteiger partial charge in [-0.05, 0) is 39.2 Å². The Hall–Kier alpha value is -1.79. The van der Waals surface area contributed by atoms with Crippen molar-refractivity contribution in [3.8, 4) is 0 Å². The van der Waals surface area contributed by atoms with Gasteiger partial charge in [0.2, 0.25) is 0 Å². The van der Waals surface area contributed by atoms with Gasteiger partial charge in [0.1, 0.15) is 0 Å². The van der Waals surface area contributed by atoms with Crippen LogP contribution in [0.2, 0.25) is 0 Å². The lowest BCUT2D eigenvalue weighted by molar-refractivity contribution is 0.0326. The second-order valence-corrected chi connectivity index (χ2v) is 6.09. The topological polar surface area (TPSA) is 81.8 Å². The molecule has 0 radical (unpaired) electrons. The summed E-state index contributed by atoms with van der Waals surface area (Å²) in [5, 5.41) is 13.0. The highest BCUT2D eigenvalue weighted by Gasteiger charge is 2.23. The molecule has 1 aromatic rings. The van der Waals surface area contributed by atoms with E-state index in [0.717, 1.165) is 5.69 Å². The molecule has 1 aromatic carbocycles. The standard InChI is InChI=1S/C15H26N4O2/c1-15(21,10-18(2)3)9-17-14(20)12-8-11(16)6-7-13(12)19(4)5/h6-8,21H,9-10,16H2,1-5H3,(H,17,20). The van der Waals surface area contributed by atoms with Crippen molar-refractivity contribution in [3.05, 3.63) is 23.8 Å². The Balaban J connectivity index is 2.83. The molecule has 21 heavy (non-hydrogen) atoms. The van der Waals surface area contributed by atoms with Crippen LogP contribution in [0.1, 0.15) is 17.3 Å². The Morgan fingerprint density at radius 2 is 1.95 bits per heavy atom. The summed E-state index contributed by atoms with van der Waals surface area (Å²) >= 11 is 0. The molecule has 0 saturated heterocycles. The van der Waals surface area contributed by atoms with Crippen LogP contribution < -0.4 is 16.0 Å². The van der Waals surface area contributed by atoms with Gasteiger partial charge < -0.3 is 26.0 Å². The van der Waals surface area contributed by atoms with Gasteiger partial charge in [0, 0.05) is 38.6 Å². The van der Waals surface area contributed by atoms with Gasteiger partial charge in [-0.15, -0.1) is 0 Å². The highest BCUT2D eigenvalue weighted by Crippen LogP contribution is 2.21. The first-order chi connectivity index (χ1) is 9.62. The van der Waals surface area contributed by atoms with Crippen molar-refractivity contribution in [1.29, 1.82) is 0 Å². The monoisotopic (exact) mass is 294 g/mol. The minimum absolute atomic E-state index is 0.172. The van der Waals surface area contributed by atoms with Crippen molar-refractivity contribution in [2.24, 2.45) is 0 Å². The van der Waals surface area contributed by atoms with Gasteiger partial charge in [0.25, 0.3) is 5.91 Å². The summed E-state index contributed by atoms with van der Waals surface area (Å²) < 4.78 is 0. The summed E-state index contributed by atoms with van der Waals surface area (Å²) in [6.45, 7) is 2.33. The third-order valence-electron chi connectivity index (χ3n) is 3.03. The minimum atomic E-state index is -0.988. The number of hydrogen-bond acceptors (Lipinski definition) is 5. The van der Waals surface area contributed by atoms with E-state index in [2.05, 4.69) is 5.32 Å². The number of benzene rings is 1. The van der Waals surface area contributed by atoms with E-state index in [-0.39, 0.29) is 12.5 Å². The summed E-state index contributed by atoms with van der Waals surface area (Å²) in [6, 6.07) is 5.21. The number of carbonyl (C=O) groups excluding carboxylic acids is 1. The molecule has 0 spiro atoms. The number of hydrogen-bond donors (Lipinski definition) is 3. The van der Waals surface area contributed by atoms with Gasteiger partial charge in [-0.1, -0.05) is 0 Å². The van der Waals surface area contributed by atoms with Crippen LogP contribution in [0.5, 0.6) is 0 Å². The first-order valence-electron chi connectivity index (χ1n) is 6.84. The van der Waals surface area contributed by atoms with E-state index < -0.39 is 5.60 Å². The van der Waals surface area contributed by atoms with E-state index in [1.807, 2.05) is 44.1 Å². The van der Waals surface area contributed by atoms with E-state index in [0.29, 0.717) is 17.8 Å². The van der Waals surface area contributed by atoms with Crippen molar-refractivity contribution in [1.82, 2.24) is 10.2 Å². The van der Waals surface area contributed by atoms with Crippen molar-refractivity contribution < 1.29 is 9.90 Å². The molecule has 0 aliphatic carbocycles. The molecule has 1 atom stereocenters. The van der Waals surface area contributed by atoms with Crippen LogP contribution in [-0.4, -0.2) is 62.8 Å². The van der Waals surface area contributed by atoms with Gasteiger partial charge >= 0.3 is 0 Å². The van der Waals surface area contributed by atoms with Crippen LogP contribution in [0, 0.1) is 0 Å². The zero-order valence-electron chi connectivity index (χ0n) is 13.5. The van der Waals surface area contributed by atoms with Crippen LogP contribution in [0.15, 0.2) is 18.2 Å². The predicted octanol–water partition coefficient (Wildman–Crippen LogP) is 0.377. The highest BCUT2D eigenvalue weighted by atomic mass is 16.3. The molecule has 0 aliphatic heterocycles. The number of nitrogen functional groups attached to an aromatic ring is 1. The van der Waals surface area contributed by atoms with E-state index >= 15 is 0 Å². The molecule has 0 bridgehead atoms. The fraction of sp³-hybridized carbons (Fsp3) is 0.533. The molecule has 6 nitrogen and oxygen atoms in total. The first kappa shape index (κ1) is 17.3. The largest absolute Gasteiger partial charge is 0.399 e. The Morgan fingerprint density at radius 3 is 2.48 bits per heavy atom. The Kier molecular flexibility index (Phi) is 5.57. The van der Waals surface area contributed by atoms with Gasteiger partial charge in [-0.3, -0.25) is 4.79 Å². The number of likely N-dealkylation sites (N-methyl/N-ethyl adjacent to an activating group) is 1. The zero-order valence-corrected chi connectivity index (χ0v) is 13.5. The van der Waals surface area contributed by atoms with Crippen LogP contribution in [-0.2, 0) is 0 Å². The van der Waals surface area contributed by atoms with E-state index in [4.69, 9.17) is 5.73 Å². The minimum Gasteiger partial charge on any atom is -0.399 e. The summed E-state index contributed by atoms with van der Waals surface area (Å²) in [4.78, 5) is 16.1. The number of aliphatic hydroxyl groups is 1.